The van der Waals surface area contributed by atoms with Gasteiger partial charge in [-0.1, -0.05) is 34.6 Å². The number of aromatic nitrogens is 4. The molecule has 5 nitrogen and oxygen atoms in total. The number of nitrogens with zero attached hydrogens (tertiary/aromatic N) is 3. The fourth-order valence-corrected chi connectivity index (χ4v) is 3.03. The van der Waals surface area contributed by atoms with Crippen LogP contribution in [0.5, 0.6) is 0 Å². The first-order chi connectivity index (χ1) is 12.6. The summed E-state index contributed by atoms with van der Waals surface area (Å²) in [6.07, 6.45) is 4.82. The van der Waals surface area contributed by atoms with E-state index < -0.39 is 11.6 Å². The second-order valence-corrected chi connectivity index (χ2v) is 8.33. The molecule has 0 saturated heterocycles. The minimum atomic E-state index is -0.513. The molecular weight excluding hydrogens is 348 g/mol. The Bertz CT molecular complexity index is 943. The highest BCUT2D eigenvalue weighted by Gasteiger charge is 2.27. The van der Waals surface area contributed by atoms with Gasteiger partial charge in [-0.05, 0) is 23.8 Å². The second kappa shape index (κ2) is 7.21. The molecule has 27 heavy (non-hydrogen) atoms. The fourth-order valence-electron chi connectivity index (χ4n) is 3.03. The van der Waals surface area contributed by atoms with Crippen LogP contribution in [-0.4, -0.2) is 26.0 Å². The van der Waals surface area contributed by atoms with E-state index in [9.17, 15) is 8.78 Å². The number of fused-ring (bicyclic) bond motifs is 1. The van der Waals surface area contributed by atoms with Gasteiger partial charge in [-0.15, -0.1) is 0 Å². The van der Waals surface area contributed by atoms with Crippen LogP contribution in [0.4, 0.5) is 14.6 Å². The average molecular weight is 373 g/mol. The maximum Gasteiger partial charge on any atom is 0.183 e. The third-order valence-electron chi connectivity index (χ3n) is 4.55. The minimum Gasteiger partial charge on any atom is -0.364 e. The zero-order chi connectivity index (χ0) is 19.8. The van der Waals surface area contributed by atoms with Crippen LogP contribution in [0.15, 0.2) is 24.7 Å². The number of aromatic amines is 1. The van der Waals surface area contributed by atoms with E-state index in [0.717, 1.165) is 18.8 Å². The van der Waals surface area contributed by atoms with Crippen LogP contribution in [0, 0.1) is 23.0 Å². The van der Waals surface area contributed by atoms with Crippen LogP contribution < -0.4 is 5.32 Å². The van der Waals surface area contributed by atoms with Crippen molar-refractivity contribution in [2.24, 2.45) is 11.3 Å². The van der Waals surface area contributed by atoms with Crippen LogP contribution in [0.3, 0.4) is 0 Å². The smallest absolute Gasteiger partial charge is 0.183 e. The maximum atomic E-state index is 14.4. The molecule has 7 heteroatoms. The Balaban J connectivity index is 1.99. The number of hydrogen-bond donors (Lipinski definition) is 2. The summed E-state index contributed by atoms with van der Waals surface area (Å²) in [5, 5.41) is 3.81. The Hall–Kier alpha value is -2.57. The van der Waals surface area contributed by atoms with E-state index in [2.05, 4.69) is 59.9 Å². The molecule has 1 atom stereocenters. The van der Waals surface area contributed by atoms with Crippen molar-refractivity contribution in [2.45, 2.75) is 47.1 Å². The van der Waals surface area contributed by atoms with E-state index in [0.29, 0.717) is 28.3 Å². The van der Waals surface area contributed by atoms with Gasteiger partial charge in [-0.25, -0.2) is 23.7 Å². The van der Waals surface area contributed by atoms with E-state index in [1.807, 2.05) is 0 Å². The third kappa shape index (κ3) is 4.23. The average Bonchev–Trinajstić information content (AvgIpc) is 2.98. The molecule has 144 valence electrons. The normalized spacial score (nSPS) is 13.3. The van der Waals surface area contributed by atoms with E-state index in [4.69, 9.17) is 0 Å². The Labute approximate surface area is 157 Å². The van der Waals surface area contributed by atoms with Crippen molar-refractivity contribution in [3.63, 3.8) is 0 Å². The summed E-state index contributed by atoms with van der Waals surface area (Å²) in [6, 6.07) is 1.40. The lowest BCUT2D eigenvalue weighted by atomic mass is 9.82. The molecule has 3 rings (SSSR count). The van der Waals surface area contributed by atoms with Gasteiger partial charge in [-0.2, -0.15) is 0 Å². The highest BCUT2D eigenvalue weighted by Crippen LogP contribution is 2.30. The molecule has 0 radical (unpaired) electrons. The van der Waals surface area contributed by atoms with E-state index in [1.165, 1.54) is 6.07 Å². The van der Waals surface area contributed by atoms with Crippen LogP contribution in [-0.2, 0) is 0 Å². The molecule has 0 bridgehead atoms. The molecule has 0 unspecified atom stereocenters. The zero-order valence-corrected chi connectivity index (χ0v) is 16.3. The van der Waals surface area contributed by atoms with Gasteiger partial charge in [0.05, 0.1) is 12.4 Å². The van der Waals surface area contributed by atoms with E-state index in [-0.39, 0.29) is 17.3 Å². The predicted molar refractivity (Wildman–Crippen MR) is 103 cm³/mol. The second-order valence-electron chi connectivity index (χ2n) is 8.33. The van der Waals surface area contributed by atoms with Crippen LogP contribution >= 0.6 is 0 Å². The first-order valence-corrected chi connectivity index (χ1v) is 9.07. The van der Waals surface area contributed by atoms with Crippen molar-refractivity contribution in [3.8, 4) is 11.4 Å². The number of pyridine rings is 1. The number of hydrogen-bond acceptors (Lipinski definition) is 4. The fraction of sp³-hybridized carbons (Fsp3) is 0.450. The molecule has 0 aliphatic rings. The SMILES string of the molecule is CC(C)C[C@@H](Nc1nc(-c2c[nH]c3ncc(F)cc23)ncc1F)C(C)(C)C. The lowest BCUT2D eigenvalue weighted by Crippen LogP contribution is -2.36. The minimum absolute atomic E-state index is 0.0387. The molecule has 0 aromatic carbocycles. The molecule has 0 aliphatic carbocycles. The molecule has 3 aromatic rings. The number of H-pyrrole nitrogens is 1. The van der Waals surface area contributed by atoms with Gasteiger partial charge >= 0.3 is 0 Å². The van der Waals surface area contributed by atoms with Crippen molar-refractivity contribution < 1.29 is 8.78 Å². The molecular formula is C20H25F2N5. The topological polar surface area (TPSA) is 66.5 Å². The summed E-state index contributed by atoms with van der Waals surface area (Å²) in [7, 11) is 0. The quantitative estimate of drug-likeness (QED) is 0.647. The highest BCUT2D eigenvalue weighted by atomic mass is 19.1. The van der Waals surface area contributed by atoms with E-state index >= 15 is 0 Å². The first kappa shape index (κ1) is 19.2. The highest BCUT2D eigenvalue weighted by molar-refractivity contribution is 5.91. The summed E-state index contributed by atoms with van der Waals surface area (Å²) in [5.41, 5.74) is 1.03. The van der Waals surface area contributed by atoms with Crippen molar-refractivity contribution in [3.05, 3.63) is 36.3 Å². The number of rotatable bonds is 5. The van der Waals surface area contributed by atoms with Crippen molar-refractivity contribution in [1.82, 2.24) is 19.9 Å². The standard InChI is InChI=1S/C20H25F2N5/c1-11(2)6-16(20(3,4)5)26-19-15(22)10-25-18(27-19)14-9-24-17-13(14)7-12(21)8-23-17/h7-11,16H,6H2,1-5H3,(H,23,24)(H,25,26,27)/t16-/m1/s1. The zero-order valence-electron chi connectivity index (χ0n) is 16.3. The number of halogens is 2. The Morgan fingerprint density at radius 3 is 2.56 bits per heavy atom. The lowest BCUT2D eigenvalue weighted by Gasteiger charge is -2.33. The van der Waals surface area contributed by atoms with Gasteiger partial charge in [0, 0.05) is 23.2 Å². The number of anilines is 1. The van der Waals surface area contributed by atoms with Crippen molar-refractivity contribution in [1.29, 1.82) is 0 Å². The van der Waals surface area contributed by atoms with Crippen molar-refractivity contribution >= 4 is 16.9 Å². The molecule has 0 amide bonds. The van der Waals surface area contributed by atoms with Gasteiger partial charge in [0.25, 0.3) is 0 Å². The van der Waals surface area contributed by atoms with Crippen LogP contribution in [0.25, 0.3) is 22.4 Å². The van der Waals surface area contributed by atoms with Gasteiger partial charge in [0.15, 0.2) is 17.5 Å². The molecule has 0 fully saturated rings. The maximum absolute atomic E-state index is 14.4. The molecule has 0 saturated carbocycles. The van der Waals surface area contributed by atoms with Crippen LogP contribution in [0.1, 0.15) is 41.0 Å². The molecule has 0 spiro atoms. The van der Waals surface area contributed by atoms with Crippen LogP contribution in [0.2, 0.25) is 0 Å². The lowest BCUT2D eigenvalue weighted by molar-refractivity contribution is 0.299. The molecule has 0 aliphatic heterocycles. The van der Waals surface area contributed by atoms with Gasteiger partial charge in [0.1, 0.15) is 11.5 Å². The van der Waals surface area contributed by atoms with Gasteiger partial charge in [-0.3, -0.25) is 0 Å². The Morgan fingerprint density at radius 2 is 1.89 bits per heavy atom. The predicted octanol–water partition coefficient (Wildman–Crippen LogP) is 5.17. The first-order valence-electron chi connectivity index (χ1n) is 9.07. The Kier molecular flexibility index (Phi) is 5.13. The monoisotopic (exact) mass is 373 g/mol. The van der Waals surface area contributed by atoms with E-state index in [1.54, 1.807) is 6.20 Å². The molecule has 3 heterocycles. The summed E-state index contributed by atoms with van der Waals surface area (Å²) in [6.45, 7) is 10.6. The van der Waals surface area contributed by atoms with Gasteiger partial charge < -0.3 is 10.3 Å². The number of nitrogens with one attached hydrogen (secondary N) is 2. The third-order valence-corrected chi connectivity index (χ3v) is 4.55. The van der Waals surface area contributed by atoms with Gasteiger partial charge in [0.2, 0.25) is 0 Å². The molecule has 2 N–H and O–H groups in total. The van der Waals surface area contributed by atoms with Crippen molar-refractivity contribution in [2.75, 3.05) is 5.32 Å². The Morgan fingerprint density at radius 1 is 1.15 bits per heavy atom. The molecule has 3 aromatic heterocycles. The summed E-state index contributed by atoms with van der Waals surface area (Å²) >= 11 is 0. The summed E-state index contributed by atoms with van der Waals surface area (Å²) < 4.78 is 28.0. The summed E-state index contributed by atoms with van der Waals surface area (Å²) in [5.74, 6) is -0.0442. The summed E-state index contributed by atoms with van der Waals surface area (Å²) in [4.78, 5) is 15.5. The largest absolute Gasteiger partial charge is 0.364 e.